The van der Waals surface area contributed by atoms with Crippen LogP contribution in [0.1, 0.15) is 58.6 Å². The number of H-pyrrole nitrogens is 1. The van der Waals surface area contributed by atoms with Crippen molar-refractivity contribution < 1.29 is 40.6 Å². The number of hydrogen-bond donors (Lipinski definition) is 3. The van der Waals surface area contributed by atoms with E-state index in [4.69, 9.17) is 16.3 Å². The van der Waals surface area contributed by atoms with Gasteiger partial charge in [-0.25, -0.2) is 19.9 Å². The van der Waals surface area contributed by atoms with Crippen LogP contribution in [0.5, 0.6) is 17.2 Å². The summed E-state index contributed by atoms with van der Waals surface area (Å²) in [5.41, 5.74) is 6.27. The van der Waals surface area contributed by atoms with Crippen molar-refractivity contribution in [3.05, 3.63) is 161 Å². The number of carbonyl (C=O) groups excluding carboxylic acids is 1. The smallest absolute Gasteiger partial charge is 0.457 e. The minimum absolute atomic E-state index is 0.200. The van der Waals surface area contributed by atoms with Crippen LogP contribution in [0.15, 0.2) is 128 Å². The molecule has 1 saturated heterocycles. The Balaban J connectivity index is 0.000000192. The van der Waals surface area contributed by atoms with E-state index in [9.17, 15) is 31.1 Å². The molecule has 1 aliphatic rings. The number of fused-ring (bicyclic) bond motifs is 2. The molecule has 9 rings (SSSR count). The van der Waals surface area contributed by atoms with Gasteiger partial charge in [0, 0.05) is 37.2 Å². The number of benzene rings is 4. The molecule has 12 nitrogen and oxygen atoms in total. The first-order valence-corrected chi connectivity index (χ1v) is 21.1. The quantitative estimate of drug-likeness (QED) is 0.108. The molecule has 8 aromatic rings. The predicted molar refractivity (Wildman–Crippen MR) is 237 cm³/mol. The minimum Gasteiger partial charge on any atom is -0.457 e. The lowest BCUT2D eigenvalue weighted by Crippen LogP contribution is -2.32. The molecule has 4 aromatic carbocycles. The lowest BCUT2D eigenvalue weighted by atomic mass is 9.89. The molecule has 0 atom stereocenters. The van der Waals surface area contributed by atoms with Crippen LogP contribution in [-0.4, -0.2) is 54.7 Å². The van der Waals surface area contributed by atoms with Gasteiger partial charge in [0.25, 0.3) is 5.91 Å². The summed E-state index contributed by atoms with van der Waals surface area (Å²) in [5.74, 6) is 1.28. The van der Waals surface area contributed by atoms with E-state index in [1.54, 1.807) is 59.1 Å². The standard InChI is InChI=1S/C29H28ClF3N4O2.C18H12F3N5O/c1-2-25-27(37-18-22(30)7-12-26(37)35-25)28(38)34-17-19-3-8-23(9-4-19)36-15-13-21(14-16-36)20-5-10-24(11-6-20)39-29(31,32)33;19-18(20,21)11-1-5-13(6-2-11)27-14-7-3-12(4-8-14)26-17-15-16(23-9-22-15)24-10-25-17/h3-12,18,21H,2,13-17H2,1H3,(H,34,38);1-10H,(H2,22,23,24,25,26). The SMILES string of the molecule is CCc1nc2ccc(Cl)cn2c1C(=O)NCc1ccc(N2CCC(c3ccc(OC(F)(F)F)cc3)CC2)cc1.FC(F)(F)c1ccc(Oc2ccc(Nc3ncnc4nc[nH]c34)cc2)cc1. The summed E-state index contributed by atoms with van der Waals surface area (Å²) < 4.78 is 86.2. The number of aryl methyl sites for hydroxylation is 1. The molecule has 0 aliphatic carbocycles. The number of rotatable bonds is 11. The Labute approximate surface area is 378 Å². The second kappa shape index (κ2) is 19.4. The maximum absolute atomic E-state index is 13.0. The molecule has 1 amide bonds. The molecular formula is C47H40ClF6N9O3. The summed E-state index contributed by atoms with van der Waals surface area (Å²) in [6, 6.07) is 29.3. The number of carbonyl (C=O) groups is 1. The number of nitrogens with zero attached hydrogens (tertiary/aromatic N) is 6. The monoisotopic (exact) mass is 927 g/mol. The van der Waals surface area contributed by atoms with Gasteiger partial charge in [-0.15, -0.1) is 13.2 Å². The van der Waals surface area contributed by atoms with Crippen molar-refractivity contribution in [2.45, 2.75) is 51.2 Å². The fraction of sp³-hybridized carbons (Fsp3) is 0.213. The summed E-state index contributed by atoms with van der Waals surface area (Å²) in [7, 11) is 0. The number of alkyl halides is 6. The van der Waals surface area contributed by atoms with Gasteiger partial charge in [-0.2, -0.15) is 13.2 Å². The maximum Gasteiger partial charge on any atom is 0.573 e. The summed E-state index contributed by atoms with van der Waals surface area (Å²) in [6.45, 7) is 4.04. The molecule has 66 heavy (non-hydrogen) atoms. The van der Waals surface area contributed by atoms with Crippen molar-refractivity contribution in [2.24, 2.45) is 0 Å². The maximum atomic E-state index is 13.0. The van der Waals surface area contributed by atoms with Gasteiger partial charge in [-0.1, -0.05) is 42.8 Å². The molecule has 0 unspecified atom stereocenters. The highest BCUT2D eigenvalue weighted by Gasteiger charge is 2.32. The minimum atomic E-state index is -4.68. The van der Waals surface area contributed by atoms with Crippen LogP contribution in [0.2, 0.25) is 5.02 Å². The van der Waals surface area contributed by atoms with Crippen molar-refractivity contribution in [3.63, 3.8) is 0 Å². The number of aromatic nitrogens is 6. The topological polar surface area (TPSA) is 135 Å². The summed E-state index contributed by atoms with van der Waals surface area (Å²) in [4.78, 5) is 35.1. The van der Waals surface area contributed by atoms with E-state index in [1.807, 2.05) is 19.1 Å². The Kier molecular flexibility index (Phi) is 13.3. The second-order valence-corrected chi connectivity index (χ2v) is 15.6. The third kappa shape index (κ3) is 11.1. The molecule has 0 bridgehead atoms. The van der Waals surface area contributed by atoms with Crippen molar-refractivity contribution in [3.8, 4) is 17.2 Å². The number of ether oxygens (including phenoxy) is 2. The largest absolute Gasteiger partial charge is 0.573 e. The van der Waals surface area contributed by atoms with Crippen LogP contribution in [0.25, 0.3) is 16.8 Å². The lowest BCUT2D eigenvalue weighted by molar-refractivity contribution is -0.274. The average molecular weight is 928 g/mol. The molecule has 0 saturated carbocycles. The Hall–Kier alpha value is -7.34. The lowest BCUT2D eigenvalue weighted by Gasteiger charge is -2.34. The van der Waals surface area contributed by atoms with Crippen LogP contribution >= 0.6 is 11.6 Å². The summed E-state index contributed by atoms with van der Waals surface area (Å²) >= 11 is 6.14. The molecular weight excluding hydrogens is 888 g/mol. The van der Waals surface area contributed by atoms with E-state index < -0.39 is 18.1 Å². The van der Waals surface area contributed by atoms with E-state index in [0.29, 0.717) is 57.8 Å². The van der Waals surface area contributed by atoms with Gasteiger partial charge in [0.2, 0.25) is 0 Å². The fourth-order valence-electron chi connectivity index (χ4n) is 7.51. The van der Waals surface area contributed by atoms with Gasteiger partial charge in [0.15, 0.2) is 11.5 Å². The fourth-order valence-corrected chi connectivity index (χ4v) is 7.67. The summed E-state index contributed by atoms with van der Waals surface area (Å²) in [5, 5.41) is 6.68. The third-order valence-electron chi connectivity index (χ3n) is 10.8. The van der Waals surface area contributed by atoms with Gasteiger partial charge < -0.3 is 30.0 Å². The van der Waals surface area contributed by atoms with E-state index in [-0.39, 0.29) is 17.6 Å². The van der Waals surface area contributed by atoms with Crippen molar-refractivity contribution >= 4 is 51.5 Å². The van der Waals surface area contributed by atoms with Crippen LogP contribution in [0.3, 0.4) is 0 Å². The highest BCUT2D eigenvalue weighted by molar-refractivity contribution is 6.30. The highest BCUT2D eigenvalue weighted by atomic mass is 35.5. The zero-order chi connectivity index (χ0) is 46.4. The Bertz CT molecular complexity index is 2900. The number of hydrogen-bond acceptors (Lipinski definition) is 9. The molecule has 4 aromatic heterocycles. The normalized spacial score (nSPS) is 13.3. The van der Waals surface area contributed by atoms with Crippen LogP contribution in [-0.2, 0) is 19.1 Å². The third-order valence-corrected chi connectivity index (χ3v) is 11.0. The number of imidazole rings is 2. The second-order valence-electron chi connectivity index (χ2n) is 15.2. The molecule has 1 fully saturated rings. The number of halogens is 7. The van der Waals surface area contributed by atoms with Gasteiger partial charge in [0.1, 0.15) is 40.4 Å². The molecule has 1 aliphatic heterocycles. The van der Waals surface area contributed by atoms with Gasteiger partial charge in [-0.3, -0.25) is 9.20 Å². The highest BCUT2D eigenvalue weighted by Crippen LogP contribution is 2.34. The average Bonchev–Trinajstić information content (AvgIpc) is 3.95. The number of amides is 1. The number of pyridine rings is 1. The molecule has 0 radical (unpaired) electrons. The van der Waals surface area contributed by atoms with Crippen molar-refractivity contribution in [2.75, 3.05) is 23.3 Å². The number of anilines is 3. The first-order valence-electron chi connectivity index (χ1n) is 20.7. The van der Waals surface area contributed by atoms with E-state index in [1.165, 1.54) is 36.9 Å². The van der Waals surface area contributed by atoms with Crippen molar-refractivity contribution in [1.82, 2.24) is 34.6 Å². The van der Waals surface area contributed by atoms with Crippen LogP contribution in [0, 0.1) is 0 Å². The van der Waals surface area contributed by atoms with E-state index >= 15 is 0 Å². The van der Waals surface area contributed by atoms with E-state index in [0.717, 1.165) is 66.3 Å². The molecule has 3 N–H and O–H groups in total. The van der Waals surface area contributed by atoms with E-state index in [2.05, 4.69) is 57.3 Å². The zero-order valence-corrected chi connectivity index (χ0v) is 35.8. The van der Waals surface area contributed by atoms with Crippen LogP contribution in [0.4, 0.5) is 43.5 Å². The Morgan fingerprint density at radius 3 is 2.14 bits per heavy atom. The van der Waals surface area contributed by atoms with Gasteiger partial charge >= 0.3 is 12.5 Å². The first-order chi connectivity index (χ1) is 31.7. The molecule has 5 heterocycles. The Morgan fingerprint density at radius 1 is 0.818 bits per heavy atom. The first kappa shape index (κ1) is 45.2. The van der Waals surface area contributed by atoms with Gasteiger partial charge in [-0.05, 0) is 121 Å². The number of piperidine rings is 1. The predicted octanol–water partition coefficient (Wildman–Crippen LogP) is 11.7. The van der Waals surface area contributed by atoms with Crippen LogP contribution < -0.4 is 25.0 Å². The molecule has 340 valence electrons. The molecule has 19 heteroatoms. The number of nitrogens with one attached hydrogen (secondary N) is 3. The zero-order valence-electron chi connectivity index (χ0n) is 35.0. The molecule has 0 spiro atoms. The Morgan fingerprint density at radius 2 is 1.48 bits per heavy atom. The van der Waals surface area contributed by atoms with Crippen molar-refractivity contribution in [1.29, 1.82) is 0 Å². The van der Waals surface area contributed by atoms with Gasteiger partial charge in [0.05, 0.1) is 22.6 Å². The number of aromatic amines is 1. The summed E-state index contributed by atoms with van der Waals surface area (Å²) in [6.07, 6.45) is -1.97.